The van der Waals surface area contributed by atoms with Gasteiger partial charge in [-0.1, -0.05) is 41.9 Å². The maximum atomic E-state index is 12.6. The molecule has 1 saturated heterocycles. The first-order chi connectivity index (χ1) is 12.4. The van der Waals surface area contributed by atoms with Crippen molar-refractivity contribution in [1.82, 2.24) is 4.90 Å². The first-order valence-electron chi connectivity index (χ1n) is 7.77. The Bertz CT molecular complexity index is 907. The minimum absolute atomic E-state index is 0.0928. The molecule has 0 saturated carbocycles. The zero-order valence-electron chi connectivity index (χ0n) is 13.6. The van der Waals surface area contributed by atoms with Gasteiger partial charge in [0.1, 0.15) is 12.3 Å². The molecular formula is C19H15ClN2O4. The van der Waals surface area contributed by atoms with E-state index in [9.17, 15) is 19.5 Å². The summed E-state index contributed by atoms with van der Waals surface area (Å²) in [5.41, 5.74) is 6.07. The molecule has 2 aromatic carbocycles. The van der Waals surface area contributed by atoms with Crippen molar-refractivity contribution >= 4 is 35.0 Å². The highest BCUT2D eigenvalue weighted by atomic mass is 35.5. The molecule has 2 amide bonds. The highest BCUT2D eigenvalue weighted by molar-refractivity contribution is 6.47. The zero-order chi connectivity index (χ0) is 18.8. The molecule has 3 rings (SSSR count). The average Bonchev–Trinajstić information content (AvgIpc) is 2.87. The SMILES string of the molecule is NC(=O)CN1C(=O)C(=O)/C(=C(\O)c2ccc(Cl)cc2)C1c1ccccc1. The number of halogens is 1. The van der Waals surface area contributed by atoms with Gasteiger partial charge < -0.3 is 15.7 Å². The van der Waals surface area contributed by atoms with Crippen LogP contribution in [-0.4, -0.2) is 34.1 Å². The number of likely N-dealkylation sites (tertiary alicyclic amines) is 1. The van der Waals surface area contributed by atoms with E-state index >= 15 is 0 Å². The van der Waals surface area contributed by atoms with Crippen molar-refractivity contribution in [3.05, 3.63) is 76.3 Å². The lowest BCUT2D eigenvalue weighted by atomic mass is 9.95. The Labute approximate surface area is 154 Å². The van der Waals surface area contributed by atoms with E-state index in [2.05, 4.69) is 0 Å². The van der Waals surface area contributed by atoms with Crippen LogP contribution < -0.4 is 5.73 Å². The molecule has 3 N–H and O–H groups in total. The summed E-state index contributed by atoms with van der Waals surface area (Å²) in [7, 11) is 0. The highest BCUT2D eigenvalue weighted by Gasteiger charge is 2.46. The van der Waals surface area contributed by atoms with Gasteiger partial charge in [0.05, 0.1) is 11.6 Å². The second kappa shape index (κ2) is 7.01. The molecule has 0 aliphatic carbocycles. The molecule has 0 aromatic heterocycles. The number of nitrogens with zero attached hydrogens (tertiary/aromatic N) is 1. The third kappa shape index (κ3) is 3.19. The summed E-state index contributed by atoms with van der Waals surface area (Å²) in [4.78, 5) is 37.5. The summed E-state index contributed by atoms with van der Waals surface area (Å²) >= 11 is 5.85. The normalized spacial score (nSPS) is 19.0. The van der Waals surface area contributed by atoms with Crippen molar-refractivity contribution in [3.8, 4) is 0 Å². The summed E-state index contributed by atoms with van der Waals surface area (Å²) < 4.78 is 0. The molecule has 1 atom stereocenters. The van der Waals surface area contributed by atoms with Crippen LogP contribution >= 0.6 is 11.6 Å². The number of hydrogen-bond acceptors (Lipinski definition) is 4. The van der Waals surface area contributed by atoms with Gasteiger partial charge in [-0.25, -0.2) is 0 Å². The van der Waals surface area contributed by atoms with Crippen LogP contribution in [0.3, 0.4) is 0 Å². The minimum atomic E-state index is -0.903. The van der Waals surface area contributed by atoms with Gasteiger partial charge in [0.2, 0.25) is 5.91 Å². The molecule has 0 bridgehead atoms. The van der Waals surface area contributed by atoms with Gasteiger partial charge >= 0.3 is 0 Å². The first-order valence-corrected chi connectivity index (χ1v) is 8.15. The number of ketones is 1. The number of nitrogens with two attached hydrogens (primary N) is 1. The van der Waals surface area contributed by atoms with Crippen LogP contribution in [0.1, 0.15) is 17.2 Å². The number of carbonyl (C=O) groups is 3. The molecule has 1 heterocycles. The van der Waals surface area contributed by atoms with Crippen molar-refractivity contribution < 1.29 is 19.5 Å². The van der Waals surface area contributed by atoms with E-state index in [1.807, 2.05) is 0 Å². The largest absolute Gasteiger partial charge is 0.507 e. The van der Waals surface area contributed by atoms with Gasteiger partial charge in [-0.05, 0) is 29.8 Å². The van der Waals surface area contributed by atoms with Crippen LogP contribution in [-0.2, 0) is 14.4 Å². The summed E-state index contributed by atoms with van der Waals surface area (Å²) in [5, 5.41) is 11.2. The monoisotopic (exact) mass is 370 g/mol. The van der Waals surface area contributed by atoms with E-state index in [1.165, 1.54) is 0 Å². The molecule has 26 heavy (non-hydrogen) atoms. The maximum absolute atomic E-state index is 12.6. The number of aliphatic hydroxyl groups excluding tert-OH is 1. The molecular weight excluding hydrogens is 356 g/mol. The van der Waals surface area contributed by atoms with Gasteiger partial charge in [0.25, 0.3) is 11.7 Å². The molecule has 7 heteroatoms. The fourth-order valence-electron chi connectivity index (χ4n) is 2.96. The van der Waals surface area contributed by atoms with E-state index in [0.29, 0.717) is 16.1 Å². The average molecular weight is 371 g/mol. The van der Waals surface area contributed by atoms with Crippen LogP contribution in [0, 0.1) is 0 Å². The third-order valence-electron chi connectivity index (χ3n) is 4.10. The second-order valence-electron chi connectivity index (χ2n) is 5.81. The van der Waals surface area contributed by atoms with Crippen molar-refractivity contribution in [2.75, 3.05) is 6.54 Å². The summed E-state index contributed by atoms with van der Waals surface area (Å²) in [5.74, 6) is -2.83. The fraction of sp³-hybridized carbons (Fsp3) is 0.105. The number of benzene rings is 2. The number of amides is 2. The second-order valence-corrected chi connectivity index (χ2v) is 6.25. The van der Waals surface area contributed by atoms with Gasteiger partial charge in [0.15, 0.2) is 0 Å². The van der Waals surface area contributed by atoms with Gasteiger partial charge in [-0.3, -0.25) is 14.4 Å². The summed E-state index contributed by atoms with van der Waals surface area (Å²) in [6.07, 6.45) is 0. The van der Waals surface area contributed by atoms with Gasteiger partial charge in [-0.2, -0.15) is 0 Å². The molecule has 1 aliphatic heterocycles. The number of rotatable bonds is 4. The fourth-order valence-corrected chi connectivity index (χ4v) is 3.08. The Kier molecular flexibility index (Phi) is 4.77. The summed E-state index contributed by atoms with van der Waals surface area (Å²) in [6, 6.07) is 14.0. The smallest absolute Gasteiger partial charge is 0.296 e. The Morgan fingerprint density at radius 3 is 2.27 bits per heavy atom. The van der Waals surface area contributed by atoms with Crippen molar-refractivity contribution in [3.63, 3.8) is 0 Å². The quantitative estimate of drug-likeness (QED) is 0.489. The minimum Gasteiger partial charge on any atom is -0.507 e. The molecule has 6 nitrogen and oxygen atoms in total. The Balaban J connectivity index is 2.18. The number of hydrogen-bond donors (Lipinski definition) is 2. The molecule has 1 aliphatic rings. The lowest BCUT2D eigenvalue weighted by Gasteiger charge is -2.24. The molecule has 0 radical (unpaired) electrons. The Morgan fingerprint density at radius 1 is 1.08 bits per heavy atom. The van der Waals surface area contributed by atoms with Crippen LogP contribution in [0.2, 0.25) is 5.02 Å². The van der Waals surface area contributed by atoms with Gasteiger partial charge in [0, 0.05) is 10.6 Å². The maximum Gasteiger partial charge on any atom is 0.296 e. The number of Topliss-reactive ketones (excluding diaryl/α,β-unsaturated/α-hetero) is 1. The van der Waals surface area contributed by atoms with Crippen LogP contribution in [0.15, 0.2) is 60.2 Å². The standard InChI is InChI=1S/C19H15ClN2O4/c20-13-8-6-12(7-9-13)17(24)15-16(11-4-2-1-3-5-11)22(10-14(21)23)19(26)18(15)25/h1-9,16,24H,10H2,(H2,21,23)/b17-15-. The van der Waals surface area contributed by atoms with Crippen LogP contribution in [0.25, 0.3) is 5.76 Å². The lowest BCUT2D eigenvalue weighted by molar-refractivity contribution is -0.141. The molecule has 1 unspecified atom stereocenters. The number of primary amides is 1. The van der Waals surface area contributed by atoms with Crippen molar-refractivity contribution in [2.24, 2.45) is 5.73 Å². The third-order valence-corrected chi connectivity index (χ3v) is 4.35. The molecule has 0 spiro atoms. The van der Waals surface area contributed by atoms with E-state index < -0.39 is 30.2 Å². The molecule has 1 fully saturated rings. The topological polar surface area (TPSA) is 101 Å². The van der Waals surface area contributed by atoms with E-state index in [-0.39, 0.29) is 11.3 Å². The zero-order valence-corrected chi connectivity index (χ0v) is 14.3. The predicted octanol–water partition coefficient (Wildman–Crippen LogP) is 2.25. The van der Waals surface area contributed by atoms with E-state index in [4.69, 9.17) is 17.3 Å². The highest BCUT2D eigenvalue weighted by Crippen LogP contribution is 2.39. The van der Waals surface area contributed by atoms with Crippen molar-refractivity contribution in [1.29, 1.82) is 0 Å². The Morgan fingerprint density at radius 2 is 1.69 bits per heavy atom. The van der Waals surface area contributed by atoms with Crippen LogP contribution in [0.5, 0.6) is 0 Å². The molecule has 132 valence electrons. The lowest BCUT2D eigenvalue weighted by Crippen LogP contribution is -2.37. The number of aliphatic hydroxyl groups is 1. The molecule has 2 aromatic rings. The van der Waals surface area contributed by atoms with E-state index in [1.54, 1.807) is 54.6 Å². The van der Waals surface area contributed by atoms with Crippen molar-refractivity contribution in [2.45, 2.75) is 6.04 Å². The Hall–Kier alpha value is -3.12. The van der Waals surface area contributed by atoms with Gasteiger partial charge in [-0.15, -0.1) is 0 Å². The first kappa shape index (κ1) is 17.7. The number of carbonyl (C=O) groups excluding carboxylic acids is 3. The van der Waals surface area contributed by atoms with E-state index in [0.717, 1.165) is 4.90 Å². The predicted molar refractivity (Wildman–Crippen MR) is 96.1 cm³/mol. The summed E-state index contributed by atoms with van der Waals surface area (Å²) in [6.45, 7) is -0.429. The van der Waals surface area contributed by atoms with Crippen LogP contribution in [0.4, 0.5) is 0 Å².